The van der Waals surface area contributed by atoms with Crippen LogP contribution in [0.3, 0.4) is 0 Å². The fourth-order valence-corrected chi connectivity index (χ4v) is 2.65. The quantitative estimate of drug-likeness (QED) is 0.790. The zero-order valence-corrected chi connectivity index (χ0v) is 12.6. The molecule has 3 rings (SSSR count). The van der Waals surface area contributed by atoms with Crippen molar-refractivity contribution in [1.82, 2.24) is 5.32 Å². The number of nitrogens with one attached hydrogen (secondary N) is 1. The van der Waals surface area contributed by atoms with Gasteiger partial charge in [-0.2, -0.15) is 0 Å². The minimum atomic E-state index is 0.321. The van der Waals surface area contributed by atoms with E-state index in [1.807, 2.05) is 18.2 Å². The zero-order valence-electron chi connectivity index (χ0n) is 12.6. The first-order valence-corrected chi connectivity index (χ1v) is 7.62. The molecule has 0 bridgehead atoms. The maximum Gasteiger partial charge on any atom is 0.231 e. The van der Waals surface area contributed by atoms with Crippen LogP contribution in [0.25, 0.3) is 0 Å². The third-order valence-electron chi connectivity index (χ3n) is 3.81. The lowest BCUT2D eigenvalue weighted by Crippen LogP contribution is -2.30. The number of rotatable bonds is 7. The summed E-state index contributed by atoms with van der Waals surface area (Å²) >= 11 is 0. The maximum atomic E-state index is 5.45. The van der Waals surface area contributed by atoms with Gasteiger partial charge in [0.2, 0.25) is 6.79 Å². The number of benzene rings is 2. The first-order valence-electron chi connectivity index (χ1n) is 7.62. The van der Waals surface area contributed by atoms with E-state index in [-0.39, 0.29) is 0 Å². The minimum absolute atomic E-state index is 0.321. The fraction of sp³-hybridized carbons (Fsp3) is 0.263. The van der Waals surface area contributed by atoms with Crippen molar-refractivity contribution in [1.29, 1.82) is 0 Å². The van der Waals surface area contributed by atoms with Crippen molar-refractivity contribution < 1.29 is 9.47 Å². The SMILES string of the molecule is C=CCC(Cc1ccc2c(c1)OCO2)NCc1ccccc1. The molecule has 22 heavy (non-hydrogen) atoms. The molecule has 1 unspecified atom stereocenters. The summed E-state index contributed by atoms with van der Waals surface area (Å²) < 4.78 is 10.8. The molecular weight excluding hydrogens is 274 g/mol. The summed E-state index contributed by atoms with van der Waals surface area (Å²) in [5.41, 5.74) is 2.54. The predicted molar refractivity (Wildman–Crippen MR) is 88.2 cm³/mol. The van der Waals surface area contributed by atoms with Crippen LogP contribution >= 0.6 is 0 Å². The van der Waals surface area contributed by atoms with E-state index in [9.17, 15) is 0 Å². The van der Waals surface area contributed by atoms with Crippen LogP contribution in [0.15, 0.2) is 61.2 Å². The Labute approximate surface area is 131 Å². The second kappa shape index (κ2) is 7.14. The molecule has 0 spiro atoms. The molecule has 0 saturated heterocycles. The van der Waals surface area contributed by atoms with Gasteiger partial charge in [0, 0.05) is 12.6 Å². The highest BCUT2D eigenvalue weighted by molar-refractivity contribution is 5.44. The topological polar surface area (TPSA) is 30.5 Å². The molecule has 3 heteroatoms. The highest BCUT2D eigenvalue weighted by atomic mass is 16.7. The first kappa shape index (κ1) is 14.7. The fourth-order valence-electron chi connectivity index (χ4n) is 2.65. The lowest BCUT2D eigenvalue weighted by molar-refractivity contribution is 0.174. The van der Waals surface area contributed by atoms with E-state index in [0.717, 1.165) is 30.9 Å². The Bertz CT molecular complexity index is 625. The van der Waals surface area contributed by atoms with Crippen molar-refractivity contribution in [3.05, 3.63) is 72.3 Å². The first-order chi connectivity index (χ1) is 10.8. The molecule has 0 aliphatic carbocycles. The van der Waals surface area contributed by atoms with Crippen molar-refractivity contribution in [3.8, 4) is 11.5 Å². The Hall–Kier alpha value is -2.26. The third-order valence-corrected chi connectivity index (χ3v) is 3.81. The highest BCUT2D eigenvalue weighted by Gasteiger charge is 2.15. The molecule has 1 aliphatic rings. The standard InChI is InChI=1S/C19H21NO2/c1-2-6-17(20-13-15-7-4-3-5-8-15)11-16-9-10-18-19(12-16)22-14-21-18/h2-5,7-10,12,17,20H,1,6,11,13-14H2. The molecule has 1 N–H and O–H groups in total. The van der Waals surface area contributed by atoms with Gasteiger partial charge in [-0.05, 0) is 36.1 Å². The van der Waals surface area contributed by atoms with E-state index in [1.54, 1.807) is 0 Å². The molecule has 114 valence electrons. The van der Waals surface area contributed by atoms with Gasteiger partial charge >= 0.3 is 0 Å². The molecule has 1 atom stereocenters. The van der Waals surface area contributed by atoms with Crippen molar-refractivity contribution in [3.63, 3.8) is 0 Å². The lowest BCUT2D eigenvalue weighted by atomic mass is 10.0. The Morgan fingerprint density at radius 1 is 1.05 bits per heavy atom. The summed E-state index contributed by atoms with van der Waals surface area (Å²) in [5.74, 6) is 1.68. The maximum absolute atomic E-state index is 5.45. The summed E-state index contributed by atoms with van der Waals surface area (Å²) in [6.07, 6.45) is 3.84. The Morgan fingerprint density at radius 3 is 2.68 bits per heavy atom. The van der Waals surface area contributed by atoms with Crippen LogP contribution in [0, 0.1) is 0 Å². The van der Waals surface area contributed by atoms with Gasteiger partial charge in [-0.1, -0.05) is 42.5 Å². The van der Waals surface area contributed by atoms with Crippen LogP contribution in [-0.4, -0.2) is 12.8 Å². The Balaban J connectivity index is 1.62. The average molecular weight is 295 g/mol. The lowest BCUT2D eigenvalue weighted by Gasteiger charge is -2.17. The second-order valence-corrected chi connectivity index (χ2v) is 5.48. The van der Waals surface area contributed by atoms with Crippen LogP contribution in [0.5, 0.6) is 11.5 Å². The molecule has 1 aliphatic heterocycles. The zero-order chi connectivity index (χ0) is 15.2. The molecule has 3 nitrogen and oxygen atoms in total. The molecule has 0 radical (unpaired) electrons. The van der Waals surface area contributed by atoms with Crippen molar-refractivity contribution in [2.24, 2.45) is 0 Å². The van der Waals surface area contributed by atoms with Gasteiger partial charge in [-0.3, -0.25) is 0 Å². The van der Waals surface area contributed by atoms with Gasteiger partial charge in [0.25, 0.3) is 0 Å². The van der Waals surface area contributed by atoms with Crippen molar-refractivity contribution in [2.45, 2.75) is 25.4 Å². The predicted octanol–water partition coefficient (Wildman–Crippen LogP) is 3.69. The Kier molecular flexibility index (Phi) is 4.76. The molecule has 1 heterocycles. The molecular formula is C19H21NO2. The summed E-state index contributed by atoms with van der Waals surface area (Å²) in [4.78, 5) is 0. The number of hydrogen-bond acceptors (Lipinski definition) is 3. The number of hydrogen-bond donors (Lipinski definition) is 1. The molecule has 0 amide bonds. The monoisotopic (exact) mass is 295 g/mol. The van der Waals surface area contributed by atoms with Gasteiger partial charge < -0.3 is 14.8 Å². The van der Waals surface area contributed by atoms with Gasteiger partial charge in [0.05, 0.1) is 0 Å². The van der Waals surface area contributed by atoms with Gasteiger partial charge in [-0.15, -0.1) is 6.58 Å². The summed E-state index contributed by atoms with van der Waals surface area (Å²) in [7, 11) is 0. The van der Waals surface area contributed by atoms with E-state index in [2.05, 4.69) is 48.3 Å². The molecule has 0 aromatic heterocycles. The Morgan fingerprint density at radius 2 is 1.86 bits per heavy atom. The molecule has 0 saturated carbocycles. The van der Waals surface area contributed by atoms with E-state index in [1.165, 1.54) is 11.1 Å². The van der Waals surface area contributed by atoms with Crippen LogP contribution in [0.1, 0.15) is 17.5 Å². The van der Waals surface area contributed by atoms with Crippen LogP contribution < -0.4 is 14.8 Å². The smallest absolute Gasteiger partial charge is 0.231 e. The summed E-state index contributed by atoms with van der Waals surface area (Å²) in [5, 5.41) is 3.61. The van der Waals surface area contributed by atoms with Crippen molar-refractivity contribution in [2.75, 3.05) is 6.79 Å². The summed E-state index contributed by atoms with van der Waals surface area (Å²) in [6.45, 7) is 5.06. The minimum Gasteiger partial charge on any atom is -0.454 e. The second-order valence-electron chi connectivity index (χ2n) is 5.48. The van der Waals surface area contributed by atoms with Crippen LogP contribution in [0.2, 0.25) is 0 Å². The number of ether oxygens (including phenoxy) is 2. The average Bonchev–Trinajstić information content (AvgIpc) is 3.01. The number of fused-ring (bicyclic) bond motifs is 1. The highest BCUT2D eigenvalue weighted by Crippen LogP contribution is 2.32. The van der Waals surface area contributed by atoms with Crippen LogP contribution in [0.4, 0.5) is 0 Å². The van der Waals surface area contributed by atoms with Gasteiger partial charge in [0.15, 0.2) is 11.5 Å². The largest absolute Gasteiger partial charge is 0.454 e. The van der Waals surface area contributed by atoms with E-state index in [0.29, 0.717) is 12.8 Å². The summed E-state index contributed by atoms with van der Waals surface area (Å²) in [6, 6.07) is 17.0. The van der Waals surface area contributed by atoms with Gasteiger partial charge in [-0.25, -0.2) is 0 Å². The molecule has 0 fully saturated rings. The molecule has 2 aromatic rings. The normalized spacial score (nSPS) is 13.8. The van der Waals surface area contributed by atoms with E-state index >= 15 is 0 Å². The molecule has 2 aromatic carbocycles. The van der Waals surface area contributed by atoms with Crippen LogP contribution in [-0.2, 0) is 13.0 Å². The van der Waals surface area contributed by atoms with E-state index in [4.69, 9.17) is 9.47 Å². The third kappa shape index (κ3) is 3.68. The van der Waals surface area contributed by atoms with E-state index < -0.39 is 0 Å². The van der Waals surface area contributed by atoms with Crippen molar-refractivity contribution >= 4 is 0 Å². The van der Waals surface area contributed by atoms with Gasteiger partial charge in [0.1, 0.15) is 0 Å².